The molecule has 0 aromatic heterocycles. The van der Waals surface area contributed by atoms with Gasteiger partial charge in [0, 0.05) is 4.90 Å². The van der Waals surface area contributed by atoms with Crippen molar-refractivity contribution in [2.45, 2.75) is 50.8 Å². The number of hydrogen-bond donors (Lipinski definition) is 0. The van der Waals surface area contributed by atoms with Crippen LogP contribution in [0.25, 0.3) is 0 Å². The maximum atomic E-state index is 2.42. The fourth-order valence-corrected chi connectivity index (χ4v) is 2.65. The fourth-order valence-electron chi connectivity index (χ4n) is 1.55. The van der Waals surface area contributed by atoms with Crippen molar-refractivity contribution in [1.29, 1.82) is 0 Å². The average Bonchev–Trinajstić information content (AvgIpc) is 2.31. The van der Waals surface area contributed by atoms with Gasteiger partial charge in [-0.05, 0) is 29.9 Å². The smallest absolute Gasteiger partial charge is 0.0118 e. The van der Waals surface area contributed by atoms with Crippen molar-refractivity contribution >= 4 is 11.8 Å². The zero-order valence-electron chi connectivity index (χ0n) is 10.4. The van der Waals surface area contributed by atoms with E-state index in [0.29, 0.717) is 0 Å². The van der Waals surface area contributed by atoms with E-state index in [4.69, 9.17) is 0 Å². The van der Waals surface area contributed by atoms with Gasteiger partial charge in [-0.1, -0.05) is 69.1 Å². The maximum absolute atomic E-state index is 2.42. The number of benzene rings is 1. The highest BCUT2D eigenvalue weighted by molar-refractivity contribution is 8.03. The lowest BCUT2D eigenvalue weighted by Crippen LogP contribution is -1.79. The zero-order valence-corrected chi connectivity index (χ0v) is 11.2. The molecule has 0 spiro atoms. The first-order valence-electron chi connectivity index (χ1n) is 6.28. The SMILES string of the molecule is CCCC/C=C(\CCC)Sc1ccccc1. The third-order valence-electron chi connectivity index (χ3n) is 2.42. The number of thioether (sulfide) groups is 1. The molecule has 0 radical (unpaired) electrons. The number of allylic oxidation sites excluding steroid dienone is 2. The molecule has 0 heterocycles. The van der Waals surface area contributed by atoms with Gasteiger partial charge in [-0.2, -0.15) is 0 Å². The lowest BCUT2D eigenvalue weighted by atomic mass is 10.2. The molecule has 0 aliphatic heterocycles. The summed E-state index contributed by atoms with van der Waals surface area (Å²) in [6.07, 6.45) is 8.69. The van der Waals surface area contributed by atoms with E-state index in [1.54, 1.807) is 0 Å². The van der Waals surface area contributed by atoms with E-state index in [9.17, 15) is 0 Å². The van der Waals surface area contributed by atoms with Crippen molar-refractivity contribution in [2.75, 3.05) is 0 Å². The van der Waals surface area contributed by atoms with Crippen molar-refractivity contribution in [3.05, 3.63) is 41.3 Å². The summed E-state index contributed by atoms with van der Waals surface area (Å²) in [5.74, 6) is 0. The summed E-state index contributed by atoms with van der Waals surface area (Å²) in [4.78, 5) is 2.89. The van der Waals surface area contributed by atoms with Crippen LogP contribution in [0, 0.1) is 0 Å². The highest BCUT2D eigenvalue weighted by atomic mass is 32.2. The minimum absolute atomic E-state index is 1.21. The van der Waals surface area contributed by atoms with Crippen LogP contribution in [-0.4, -0.2) is 0 Å². The van der Waals surface area contributed by atoms with Gasteiger partial charge < -0.3 is 0 Å². The van der Waals surface area contributed by atoms with Crippen LogP contribution in [0.15, 0.2) is 46.2 Å². The summed E-state index contributed by atoms with van der Waals surface area (Å²) in [5, 5.41) is 0. The largest absolute Gasteiger partial charge is 0.0949 e. The monoisotopic (exact) mass is 234 g/mol. The summed E-state index contributed by atoms with van der Waals surface area (Å²) in [5.41, 5.74) is 0. The second-order valence-corrected chi connectivity index (χ2v) is 5.18. The Morgan fingerprint density at radius 1 is 1.12 bits per heavy atom. The van der Waals surface area contributed by atoms with Crippen LogP contribution in [0.3, 0.4) is 0 Å². The Bertz CT molecular complexity index is 300. The van der Waals surface area contributed by atoms with Crippen LogP contribution < -0.4 is 0 Å². The second-order valence-electron chi connectivity index (χ2n) is 3.98. The molecule has 0 saturated heterocycles. The van der Waals surface area contributed by atoms with Crippen LogP contribution in [0.2, 0.25) is 0 Å². The molecule has 1 aromatic rings. The van der Waals surface area contributed by atoms with Crippen molar-refractivity contribution in [2.24, 2.45) is 0 Å². The van der Waals surface area contributed by atoms with E-state index in [1.807, 2.05) is 11.8 Å². The predicted octanol–water partition coefficient (Wildman–Crippen LogP) is 5.65. The Labute approximate surface area is 104 Å². The van der Waals surface area contributed by atoms with E-state index in [0.717, 1.165) is 0 Å². The molecule has 0 aliphatic rings. The van der Waals surface area contributed by atoms with Gasteiger partial charge in [0.2, 0.25) is 0 Å². The molecule has 1 heteroatoms. The quantitative estimate of drug-likeness (QED) is 0.434. The third-order valence-corrected chi connectivity index (χ3v) is 3.56. The van der Waals surface area contributed by atoms with E-state index in [2.05, 4.69) is 50.3 Å². The second kappa shape index (κ2) is 8.46. The Kier molecular flexibility index (Phi) is 7.07. The van der Waals surface area contributed by atoms with E-state index in [1.165, 1.54) is 41.9 Å². The first-order valence-corrected chi connectivity index (χ1v) is 7.10. The maximum Gasteiger partial charge on any atom is 0.0118 e. The molecule has 0 unspecified atom stereocenters. The molecule has 0 saturated carbocycles. The molecule has 0 fully saturated rings. The summed E-state index contributed by atoms with van der Waals surface area (Å²) in [7, 11) is 0. The lowest BCUT2D eigenvalue weighted by molar-refractivity contribution is 0.808. The fraction of sp³-hybridized carbons (Fsp3) is 0.467. The predicted molar refractivity (Wildman–Crippen MR) is 74.8 cm³/mol. The first kappa shape index (κ1) is 13.4. The lowest BCUT2D eigenvalue weighted by Gasteiger charge is -2.06. The molecule has 0 bridgehead atoms. The minimum Gasteiger partial charge on any atom is -0.0949 e. The molecule has 16 heavy (non-hydrogen) atoms. The van der Waals surface area contributed by atoms with Crippen molar-refractivity contribution in [3.63, 3.8) is 0 Å². The molecular weight excluding hydrogens is 212 g/mol. The summed E-state index contributed by atoms with van der Waals surface area (Å²) in [6.45, 7) is 4.50. The minimum atomic E-state index is 1.21. The van der Waals surface area contributed by atoms with Crippen LogP contribution in [0.5, 0.6) is 0 Å². The summed E-state index contributed by atoms with van der Waals surface area (Å²) < 4.78 is 0. The third kappa shape index (κ3) is 5.41. The van der Waals surface area contributed by atoms with Gasteiger partial charge in [0.15, 0.2) is 0 Å². The van der Waals surface area contributed by atoms with Crippen LogP contribution in [0.4, 0.5) is 0 Å². The number of unbranched alkanes of at least 4 members (excludes halogenated alkanes) is 2. The number of rotatable bonds is 7. The summed E-state index contributed by atoms with van der Waals surface area (Å²) in [6, 6.07) is 10.7. The first-order chi connectivity index (χ1) is 7.86. The van der Waals surface area contributed by atoms with Gasteiger partial charge in [-0.3, -0.25) is 0 Å². The topological polar surface area (TPSA) is 0 Å². The van der Waals surface area contributed by atoms with Gasteiger partial charge >= 0.3 is 0 Å². The van der Waals surface area contributed by atoms with Crippen LogP contribution in [-0.2, 0) is 0 Å². The zero-order chi connectivity index (χ0) is 11.6. The summed E-state index contributed by atoms with van der Waals surface area (Å²) >= 11 is 1.92. The molecule has 0 nitrogen and oxygen atoms in total. The standard InChI is InChI=1S/C15H22S/c1-3-5-7-11-14(10-4-2)16-15-12-8-6-9-13-15/h6,8-9,11-13H,3-5,7,10H2,1-2H3/b14-11+. The molecule has 0 aliphatic carbocycles. The van der Waals surface area contributed by atoms with Crippen molar-refractivity contribution in [3.8, 4) is 0 Å². The molecule has 88 valence electrons. The van der Waals surface area contributed by atoms with E-state index in [-0.39, 0.29) is 0 Å². The van der Waals surface area contributed by atoms with Gasteiger partial charge in [-0.25, -0.2) is 0 Å². The Hall–Kier alpha value is -0.690. The van der Waals surface area contributed by atoms with Gasteiger partial charge in [-0.15, -0.1) is 0 Å². The Balaban J connectivity index is 2.53. The molecule has 0 atom stereocenters. The Morgan fingerprint density at radius 2 is 1.88 bits per heavy atom. The van der Waals surface area contributed by atoms with Crippen LogP contribution >= 0.6 is 11.8 Å². The van der Waals surface area contributed by atoms with Crippen molar-refractivity contribution in [1.82, 2.24) is 0 Å². The molecular formula is C15H22S. The normalized spacial score (nSPS) is 11.8. The molecule has 0 N–H and O–H groups in total. The molecule has 1 rings (SSSR count). The highest BCUT2D eigenvalue weighted by Gasteiger charge is 1.99. The van der Waals surface area contributed by atoms with Gasteiger partial charge in [0.1, 0.15) is 0 Å². The van der Waals surface area contributed by atoms with E-state index >= 15 is 0 Å². The van der Waals surface area contributed by atoms with Crippen LogP contribution in [0.1, 0.15) is 46.0 Å². The van der Waals surface area contributed by atoms with Crippen molar-refractivity contribution < 1.29 is 0 Å². The molecule has 0 amide bonds. The average molecular weight is 234 g/mol. The van der Waals surface area contributed by atoms with E-state index < -0.39 is 0 Å². The van der Waals surface area contributed by atoms with Gasteiger partial charge in [0.05, 0.1) is 0 Å². The van der Waals surface area contributed by atoms with Gasteiger partial charge in [0.25, 0.3) is 0 Å². The number of hydrogen-bond acceptors (Lipinski definition) is 1. The molecule has 1 aromatic carbocycles. The highest BCUT2D eigenvalue weighted by Crippen LogP contribution is 2.29. The Morgan fingerprint density at radius 3 is 2.50 bits per heavy atom.